The molecule has 2 aliphatic rings. The van der Waals surface area contributed by atoms with Gasteiger partial charge in [0.25, 0.3) is 0 Å². The summed E-state index contributed by atoms with van der Waals surface area (Å²) in [6.45, 7) is 0.878. The van der Waals surface area contributed by atoms with Gasteiger partial charge in [-0.2, -0.15) is 0 Å². The minimum Gasteiger partial charge on any atom is -0.392 e. The van der Waals surface area contributed by atoms with E-state index >= 15 is 0 Å². The van der Waals surface area contributed by atoms with Crippen molar-refractivity contribution in [3.05, 3.63) is 0 Å². The van der Waals surface area contributed by atoms with Crippen LogP contribution in [-0.2, 0) is 4.79 Å². The lowest BCUT2D eigenvalue weighted by atomic mass is 9.72. The van der Waals surface area contributed by atoms with E-state index in [1.54, 1.807) is 0 Å². The van der Waals surface area contributed by atoms with Crippen LogP contribution in [-0.4, -0.2) is 29.4 Å². The molecule has 0 unspecified atom stereocenters. The highest BCUT2D eigenvalue weighted by molar-refractivity contribution is 7.80. The highest BCUT2D eigenvalue weighted by Gasteiger charge is 2.44. The van der Waals surface area contributed by atoms with Crippen LogP contribution >= 0.6 is 12.2 Å². The van der Waals surface area contributed by atoms with E-state index in [0.29, 0.717) is 10.9 Å². The second kappa shape index (κ2) is 6.88. The fourth-order valence-electron chi connectivity index (χ4n) is 3.93. The molecule has 0 saturated heterocycles. The Hall–Kier alpha value is -0.640. The third kappa shape index (κ3) is 3.33. The average molecular weight is 296 g/mol. The van der Waals surface area contributed by atoms with E-state index in [4.69, 9.17) is 18.0 Å². The molecule has 3 nitrogen and oxygen atoms in total. The van der Waals surface area contributed by atoms with Crippen molar-refractivity contribution in [2.75, 3.05) is 13.6 Å². The van der Waals surface area contributed by atoms with Crippen LogP contribution < -0.4 is 5.73 Å². The molecule has 2 N–H and O–H groups in total. The van der Waals surface area contributed by atoms with Crippen LogP contribution in [0.5, 0.6) is 0 Å². The second-order valence-electron chi connectivity index (χ2n) is 6.70. The molecule has 0 aromatic carbocycles. The SMILES string of the molecule is CN(CC1CCCCC1)C(=O)C1(C(N)=S)CCCCC1. The van der Waals surface area contributed by atoms with E-state index in [2.05, 4.69) is 0 Å². The smallest absolute Gasteiger partial charge is 0.235 e. The van der Waals surface area contributed by atoms with E-state index in [0.717, 1.165) is 32.2 Å². The van der Waals surface area contributed by atoms with Gasteiger partial charge in [-0.1, -0.05) is 50.7 Å². The molecule has 0 aliphatic heterocycles. The zero-order valence-electron chi connectivity index (χ0n) is 12.7. The highest BCUT2D eigenvalue weighted by Crippen LogP contribution is 2.38. The van der Waals surface area contributed by atoms with Gasteiger partial charge in [-0.3, -0.25) is 4.79 Å². The molecule has 0 spiro atoms. The molecule has 0 bridgehead atoms. The molecule has 20 heavy (non-hydrogen) atoms. The summed E-state index contributed by atoms with van der Waals surface area (Å²) in [6, 6.07) is 0. The number of carbonyl (C=O) groups excluding carboxylic acids is 1. The molecule has 4 heteroatoms. The number of hydrogen-bond acceptors (Lipinski definition) is 2. The first kappa shape index (κ1) is 15.7. The van der Waals surface area contributed by atoms with Crippen LogP contribution in [0.25, 0.3) is 0 Å². The van der Waals surface area contributed by atoms with Crippen molar-refractivity contribution in [1.82, 2.24) is 4.90 Å². The third-order valence-corrected chi connectivity index (χ3v) is 5.58. The molecular weight excluding hydrogens is 268 g/mol. The molecule has 2 fully saturated rings. The zero-order valence-corrected chi connectivity index (χ0v) is 13.5. The molecule has 0 aromatic heterocycles. The number of amides is 1. The van der Waals surface area contributed by atoms with Gasteiger partial charge in [-0.05, 0) is 31.6 Å². The van der Waals surface area contributed by atoms with Crippen LogP contribution in [0.15, 0.2) is 0 Å². The van der Waals surface area contributed by atoms with Crippen molar-refractivity contribution >= 4 is 23.1 Å². The molecule has 0 aromatic rings. The predicted molar refractivity (Wildman–Crippen MR) is 86.5 cm³/mol. The molecule has 1 amide bonds. The number of hydrogen-bond donors (Lipinski definition) is 1. The normalized spacial score (nSPS) is 23.2. The first-order valence-electron chi connectivity index (χ1n) is 8.12. The van der Waals surface area contributed by atoms with Crippen molar-refractivity contribution < 1.29 is 4.79 Å². The van der Waals surface area contributed by atoms with Crippen LogP contribution in [0, 0.1) is 11.3 Å². The quantitative estimate of drug-likeness (QED) is 0.810. The number of nitrogens with two attached hydrogens (primary N) is 1. The Morgan fingerprint density at radius 1 is 1.15 bits per heavy atom. The number of rotatable bonds is 4. The first-order chi connectivity index (χ1) is 9.56. The first-order valence-corrected chi connectivity index (χ1v) is 8.52. The molecule has 2 rings (SSSR count). The minimum absolute atomic E-state index is 0.176. The average Bonchev–Trinajstić information content (AvgIpc) is 2.48. The Labute approximate surface area is 128 Å². The Balaban J connectivity index is 2.01. The van der Waals surface area contributed by atoms with Gasteiger partial charge in [0.15, 0.2) is 0 Å². The molecule has 2 aliphatic carbocycles. The molecule has 0 heterocycles. The van der Waals surface area contributed by atoms with E-state index in [1.807, 2.05) is 11.9 Å². The second-order valence-corrected chi connectivity index (χ2v) is 7.14. The Bertz CT molecular complexity index is 357. The summed E-state index contributed by atoms with van der Waals surface area (Å²) in [5.74, 6) is 0.847. The maximum absolute atomic E-state index is 12.9. The van der Waals surface area contributed by atoms with Gasteiger partial charge in [0.2, 0.25) is 5.91 Å². The van der Waals surface area contributed by atoms with Gasteiger partial charge in [-0.15, -0.1) is 0 Å². The standard InChI is InChI=1S/C16H28N2OS/c1-18(12-13-8-4-2-5-9-13)15(19)16(14(17)20)10-6-3-7-11-16/h13H,2-12H2,1H3,(H2,17,20). The van der Waals surface area contributed by atoms with E-state index in [-0.39, 0.29) is 5.91 Å². The van der Waals surface area contributed by atoms with Gasteiger partial charge in [0.05, 0.1) is 10.4 Å². The Morgan fingerprint density at radius 3 is 2.25 bits per heavy atom. The largest absolute Gasteiger partial charge is 0.392 e. The highest BCUT2D eigenvalue weighted by atomic mass is 32.1. The lowest BCUT2D eigenvalue weighted by molar-refractivity contribution is -0.139. The summed E-state index contributed by atoms with van der Waals surface area (Å²) < 4.78 is 0. The van der Waals surface area contributed by atoms with E-state index in [9.17, 15) is 4.79 Å². The van der Waals surface area contributed by atoms with Gasteiger partial charge in [0, 0.05) is 13.6 Å². The fraction of sp³-hybridized carbons (Fsp3) is 0.875. The zero-order chi connectivity index (χ0) is 14.6. The number of thiocarbonyl (C=S) groups is 1. The van der Waals surface area contributed by atoms with Crippen molar-refractivity contribution in [2.45, 2.75) is 64.2 Å². The predicted octanol–water partition coefficient (Wildman–Crippen LogP) is 3.26. The molecule has 2 saturated carbocycles. The van der Waals surface area contributed by atoms with Gasteiger partial charge in [0.1, 0.15) is 0 Å². The molecule has 114 valence electrons. The summed E-state index contributed by atoms with van der Waals surface area (Å²) in [4.78, 5) is 15.2. The van der Waals surface area contributed by atoms with Crippen molar-refractivity contribution in [3.63, 3.8) is 0 Å². The Morgan fingerprint density at radius 2 is 1.70 bits per heavy atom. The summed E-state index contributed by atoms with van der Waals surface area (Å²) >= 11 is 5.26. The van der Waals surface area contributed by atoms with Crippen molar-refractivity contribution in [2.24, 2.45) is 17.1 Å². The van der Waals surface area contributed by atoms with Gasteiger partial charge >= 0.3 is 0 Å². The Kier molecular flexibility index (Phi) is 5.42. The van der Waals surface area contributed by atoms with Gasteiger partial charge in [-0.25, -0.2) is 0 Å². The summed E-state index contributed by atoms with van der Waals surface area (Å²) in [6.07, 6.45) is 11.5. The lowest BCUT2D eigenvalue weighted by Gasteiger charge is -2.39. The van der Waals surface area contributed by atoms with Crippen molar-refractivity contribution in [3.8, 4) is 0 Å². The van der Waals surface area contributed by atoms with Crippen LogP contribution in [0.3, 0.4) is 0 Å². The number of nitrogens with zero attached hydrogens (tertiary/aromatic N) is 1. The monoisotopic (exact) mass is 296 g/mol. The molecule has 0 radical (unpaired) electrons. The maximum atomic E-state index is 12.9. The van der Waals surface area contributed by atoms with E-state index < -0.39 is 5.41 Å². The molecular formula is C16H28N2OS. The topological polar surface area (TPSA) is 46.3 Å². The van der Waals surface area contributed by atoms with Crippen molar-refractivity contribution in [1.29, 1.82) is 0 Å². The summed E-state index contributed by atoms with van der Waals surface area (Å²) in [5.41, 5.74) is 5.41. The van der Waals surface area contributed by atoms with Crippen LogP contribution in [0.1, 0.15) is 64.2 Å². The van der Waals surface area contributed by atoms with Crippen LogP contribution in [0.2, 0.25) is 0 Å². The molecule has 0 atom stereocenters. The number of carbonyl (C=O) groups is 1. The maximum Gasteiger partial charge on any atom is 0.235 e. The summed E-state index contributed by atoms with van der Waals surface area (Å²) in [7, 11) is 1.94. The van der Waals surface area contributed by atoms with E-state index in [1.165, 1.54) is 38.5 Å². The lowest BCUT2D eigenvalue weighted by Crippen LogP contribution is -2.51. The van der Waals surface area contributed by atoms with Crippen LogP contribution in [0.4, 0.5) is 0 Å². The third-order valence-electron chi connectivity index (χ3n) is 5.19. The minimum atomic E-state index is -0.545. The fourth-order valence-corrected chi connectivity index (χ4v) is 4.22. The van der Waals surface area contributed by atoms with Gasteiger partial charge < -0.3 is 10.6 Å². The summed E-state index contributed by atoms with van der Waals surface area (Å²) in [5, 5.41) is 0.